The van der Waals surface area contributed by atoms with E-state index in [-0.39, 0.29) is 30.1 Å². The highest BCUT2D eigenvalue weighted by Crippen LogP contribution is 2.28. The quantitative estimate of drug-likeness (QED) is 0.377. The Labute approximate surface area is 206 Å². The van der Waals surface area contributed by atoms with Gasteiger partial charge >= 0.3 is 5.97 Å². The van der Waals surface area contributed by atoms with Crippen LogP contribution in [0.4, 0.5) is 5.69 Å². The van der Waals surface area contributed by atoms with Crippen molar-refractivity contribution in [3.8, 4) is 0 Å². The summed E-state index contributed by atoms with van der Waals surface area (Å²) in [6.07, 6.45) is 3.80. The third-order valence-corrected chi connectivity index (χ3v) is 5.85. The van der Waals surface area contributed by atoms with E-state index in [1.807, 2.05) is 30.3 Å². The summed E-state index contributed by atoms with van der Waals surface area (Å²) in [4.78, 5) is 34.7. The van der Waals surface area contributed by atoms with Crippen LogP contribution in [0.2, 0.25) is 0 Å². The fraction of sp³-hybridized carbons (Fsp3) is 0.400. The molecule has 0 radical (unpaired) electrons. The number of anilines is 1. The van der Waals surface area contributed by atoms with Gasteiger partial charge in [0, 0.05) is 30.6 Å². The number of halogens is 1. The Balaban J connectivity index is 0.000000407. The van der Waals surface area contributed by atoms with Crippen LogP contribution in [0.3, 0.4) is 0 Å². The van der Waals surface area contributed by atoms with E-state index < -0.39 is 12.0 Å². The second-order valence-electron chi connectivity index (χ2n) is 8.24. The average molecular weight is 491 g/mol. The van der Waals surface area contributed by atoms with E-state index in [2.05, 4.69) is 10.6 Å². The minimum atomic E-state index is -0.993. The fourth-order valence-electron chi connectivity index (χ4n) is 3.78. The Bertz CT molecular complexity index is 901. The molecular weight excluding hydrogens is 456 g/mol. The number of carbonyl (C=O) groups excluding carboxylic acids is 2. The van der Waals surface area contributed by atoms with E-state index >= 15 is 0 Å². The summed E-state index contributed by atoms with van der Waals surface area (Å²) in [5.74, 6) is -0.805. The first-order valence-corrected chi connectivity index (χ1v) is 11.2. The summed E-state index contributed by atoms with van der Waals surface area (Å²) in [5.41, 5.74) is 13.3. The summed E-state index contributed by atoms with van der Waals surface area (Å²) >= 11 is 0. The third-order valence-electron chi connectivity index (χ3n) is 5.85. The van der Waals surface area contributed by atoms with Gasteiger partial charge in [0.05, 0.1) is 0 Å². The molecule has 1 saturated carbocycles. The number of carbonyl (C=O) groups is 3. The number of nitrogens with one attached hydrogen (secondary N) is 2. The number of carboxylic acid groups (broad SMARTS) is 1. The van der Waals surface area contributed by atoms with Gasteiger partial charge in [-0.2, -0.15) is 0 Å². The number of benzene rings is 2. The highest BCUT2D eigenvalue weighted by atomic mass is 35.5. The smallest absolute Gasteiger partial charge is 0.326 e. The van der Waals surface area contributed by atoms with Crippen LogP contribution in [0.15, 0.2) is 54.6 Å². The maximum atomic E-state index is 12.3. The lowest BCUT2D eigenvalue weighted by atomic mass is 9.81. The maximum Gasteiger partial charge on any atom is 0.326 e. The summed E-state index contributed by atoms with van der Waals surface area (Å²) in [6, 6.07) is 15.3. The van der Waals surface area contributed by atoms with Crippen molar-refractivity contribution in [3.05, 3.63) is 65.7 Å². The minimum absolute atomic E-state index is 0. The fourth-order valence-corrected chi connectivity index (χ4v) is 3.78. The van der Waals surface area contributed by atoms with Crippen LogP contribution in [-0.4, -0.2) is 42.5 Å². The molecule has 0 aliphatic heterocycles. The molecule has 2 aromatic rings. The lowest BCUT2D eigenvalue weighted by molar-refractivity contribution is -0.142. The number of amides is 2. The molecule has 2 aromatic carbocycles. The molecule has 0 spiro atoms. The highest BCUT2D eigenvalue weighted by Gasteiger charge is 2.29. The molecule has 7 N–H and O–H groups in total. The number of aliphatic carboxylic acids is 1. The SMILES string of the molecule is CNC(=O)c1ccc(N)cc1.Cl.NC[C@H]1CC[C@H](C(=O)N[C@@H](Cc2ccccc2)C(=O)O)CC1. The lowest BCUT2D eigenvalue weighted by Gasteiger charge is -2.27. The van der Waals surface area contributed by atoms with Crippen LogP contribution in [0, 0.1) is 11.8 Å². The maximum absolute atomic E-state index is 12.3. The van der Waals surface area contributed by atoms with Gasteiger partial charge in [-0.15, -0.1) is 12.4 Å². The van der Waals surface area contributed by atoms with Gasteiger partial charge in [0.2, 0.25) is 5.91 Å². The van der Waals surface area contributed by atoms with Gasteiger partial charge in [-0.1, -0.05) is 30.3 Å². The number of nitrogens with two attached hydrogens (primary N) is 2. The molecule has 3 rings (SSSR count). The van der Waals surface area contributed by atoms with Crippen molar-refractivity contribution in [2.45, 2.75) is 38.1 Å². The number of carboxylic acids is 1. The molecule has 1 aliphatic rings. The number of hydrogen-bond acceptors (Lipinski definition) is 5. The molecule has 1 atom stereocenters. The van der Waals surface area contributed by atoms with Gasteiger partial charge < -0.3 is 27.2 Å². The predicted octanol–water partition coefficient (Wildman–Crippen LogP) is 2.61. The van der Waals surface area contributed by atoms with Crippen molar-refractivity contribution in [2.24, 2.45) is 17.6 Å². The van der Waals surface area contributed by atoms with E-state index in [1.54, 1.807) is 31.3 Å². The van der Waals surface area contributed by atoms with Gasteiger partial charge in [0.25, 0.3) is 5.91 Å². The summed E-state index contributed by atoms with van der Waals surface area (Å²) in [6.45, 7) is 0.667. The topological polar surface area (TPSA) is 148 Å². The Morgan fingerprint density at radius 1 is 1.00 bits per heavy atom. The largest absolute Gasteiger partial charge is 0.480 e. The Kier molecular flexibility index (Phi) is 12.7. The molecule has 0 bridgehead atoms. The molecule has 2 amide bonds. The normalized spacial score (nSPS) is 17.7. The molecular formula is C25H35ClN4O4. The summed E-state index contributed by atoms with van der Waals surface area (Å²) in [7, 11) is 1.60. The van der Waals surface area contributed by atoms with E-state index in [1.165, 1.54) is 0 Å². The third kappa shape index (κ3) is 9.41. The van der Waals surface area contributed by atoms with Gasteiger partial charge in [-0.3, -0.25) is 9.59 Å². The zero-order valence-corrected chi connectivity index (χ0v) is 20.2. The molecule has 0 aromatic heterocycles. The lowest BCUT2D eigenvalue weighted by Crippen LogP contribution is -2.45. The Hall–Kier alpha value is -3.10. The van der Waals surface area contributed by atoms with Crippen molar-refractivity contribution < 1.29 is 19.5 Å². The predicted molar refractivity (Wildman–Crippen MR) is 136 cm³/mol. The van der Waals surface area contributed by atoms with Crippen molar-refractivity contribution >= 4 is 35.9 Å². The van der Waals surface area contributed by atoms with Crippen molar-refractivity contribution in [1.82, 2.24) is 10.6 Å². The number of rotatable bonds is 7. The monoisotopic (exact) mass is 490 g/mol. The molecule has 0 saturated heterocycles. The van der Waals surface area contributed by atoms with Gasteiger partial charge in [-0.05, 0) is 68.0 Å². The zero-order chi connectivity index (χ0) is 24.2. The summed E-state index contributed by atoms with van der Waals surface area (Å²) in [5, 5.41) is 14.5. The number of nitrogen functional groups attached to an aromatic ring is 1. The van der Waals surface area contributed by atoms with E-state index in [0.29, 0.717) is 30.1 Å². The standard InChI is InChI=1S/C17H24N2O3.C8H10N2O.ClH/c18-11-13-6-8-14(9-7-13)16(20)19-15(17(21)22)10-12-4-2-1-3-5-12;1-10-8(11)6-2-4-7(9)5-3-6;/h1-5,13-15H,6-11,18H2,(H,19,20)(H,21,22);2-5H,9H2,1H3,(H,10,11);1H/t13-,14-,15-;;/m0../s1. The summed E-state index contributed by atoms with van der Waals surface area (Å²) < 4.78 is 0. The van der Waals surface area contributed by atoms with Gasteiger partial charge in [0.1, 0.15) is 6.04 Å². The van der Waals surface area contributed by atoms with Crippen molar-refractivity contribution in [3.63, 3.8) is 0 Å². The van der Waals surface area contributed by atoms with E-state index in [0.717, 1.165) is 31.2 Å². The van der Waals surface area contributed by atoms with Gasteiger partial charge in [0.15, 0.2) is 0 Å². The average Bonchev–Trinajstić information content (AvgIpc) is 2.84. The molecule has 9 heteroatoms. The van der Waals surface area contributed by atoms with Gasteiger partial charge in [-0.25, -0.2) is 4.79 Å². The van der Waals surface area contributed by atoms with Crippen LogP contribution < -0.4 is 22.1 Å². The molecule has 1 aliphatic carbocycles. The zero-order valence-electron chi connectivity index (χ0n) is 19.4. The number of hydrogen-bond donors (Lipinski definition) is 5. The van der Waals surface area contributed by atoms with Crippen molar-refractivity contribution in [2.75, 3.05) is 19.3 Å². The Morgan fingerprint density at radius 2 is 1.59 bits per heavy atom. The van der Waals surface area contributed by atoms with Crippen LogP contribution in [0.5, 0.6) is 0 Å². The molecule has 1 fully saturated rings. The molecule has 0 unspecified atom stereocenters. The molecule has 186 valence electrons. The van der Waals surface area contributed by atoms with Crippen LogP contribution in [-0.2, 0) is 16.0 Å². The molecule has 34 heavy (non-hydrogen) atoms. The van der Waals surface area contributed by atoms with E-state index in [4.69, 9.17) is 11.5 Å². The van der Waals surface area contributed by atoms with Crippen LogP contribution in [0.25, 0.3) is 0 Å². The minimum Gasteiger partial charge on any atom is -0.480 e. The van der Waals surface area contributed by atoms with E-state index in [9.17, 15) is 19.5 Å². The van der Waals surface area contributed by atoms with Crippen molar-refractivity contribution in [1.29, 1.82) is 0 Å². The molecule has 0 heterocycles. The first kappa shape index (κ1) is 28.9. The first-order chi connectivity index (χ1) is 15.8. The Morgan fingerprint density at radius 3 is 2.09 bits per heavy atom. The molecule has 8 nitrogen and oxygen atoms in total. The second kappa shape index (κ2) is 14.9. The van der Waals surface area contributed by atoms with Crippen LogP contribution in [0.1, 0.15) is 41.6 Å². The van der Waals surface area contributed by atoms with Crippen LogP contribution >= 0.6 is 12.4 Å². The highest BCUT2D eigenvalue weighted by molar-refractivity contribution is 5.94. The first-order valence-electron chi connectivity index (χ1n) is 11.2. The second-order valence-corrected chi connectivity index (χ2v) is 8.24.